The Labute approximate surface area is 79.3 Å². The monoisotopic (exact) mass is 204 g/mol. The summed E-state index contributed by atoms with van der Waals surface area (Å²) < 4.78 is 28.6. The molecule has 78 valence electrons. The summed E-state index contributed by atoms with van der Waals surface area (Å²) in [6.07, 6.45) is -3.01. The van der Waals surface area contributed by atoms with Gasteiger partial charge in [0.15, 0.2) is 0 Å². The predicted molar refractivity (Wildman–Crippen MR) is 43.8 cm³/mol. The lowest BCUT2D eigenvalue weighted by Gasteiger charge is -1.99. The number of hydrogen-bond donors (Lipinski definition) is 1. The maximum Gasteiger partial charge on any atom is 0.315 e. The third kappa shape index (κ3) is 2.51. The molecule has 0 bridgehead atoms. The Morgan fingerprint density at radius 2 is 2.21 bits per heavy atom. The number of carbonyl (C=O) groups excluding carboxylic acids is 1. The summed E-state index contributed by atoms with van der Waals surface area (Å²) in [5.74, 6) is -0.473. The molecule has 14 heavy (non-hydrogen) atoms. The first-order valence-corrected chi connectivity index (χ1v) is 3.99. The Hall–Kier alpha value is -1.46. The van der Waals surface area contributed by atoms with Crippen molar-refractivity contribution in [2.45, 2.75) is 26.8 Å². The number of hydrogen-bond acceptors (Lipinski definition) is 3. The van der Waals surface area contributed by atoms with E-state index in [0.29, 0.717) is 11.5 Å². The molecule has 1 aromatic heterocycles. The van der Waals surface area contributed by atoms with Crippen molar-refractivity contribution >= 4 is 5.91 Å². The van der Waals surface area contributed by atoms with Crippen LogP contribution in [0, 0.1) is 13.8 Å². The average Bonchev–Trinajstić information content (AvgIpc) is 2.42. The minimum atomic E-state index is -3.01. The Balaban J connectivity index is 2.50. The van der Waals surface area contributed by atoms with Crippen LogP contribution in [0.3, 0.4) is 0 Å². The molecule has 0 aliphatic rings. The SMILES string of the molecule is Cc1nc(CNC(=O)C(F)F)oc1C. The Morgan fingerprint density at radius 3 is 2.64 bits per heavy atom. The molecule has 0 saturated heterocycles. The van der Waals surface area contributed by atoms with Gasteiger partial charge in [0.05, 0.1) is 12.2 Å². The van der Waals surface area contributed by atoms with Gasteiger partial charge in [-0.25, -0.2) is 4.98 Å². The molecule has 0 unspecified atom stereocenters. The fourth-order valence-corrected chi connectivity index (χ4v) is 0.855. The normalized spacial score (nSPS) is 10.6. The van der Waals surface area contributed by atoms with E-state index >= 15 is 0 Å². The summed E-state index contributed by atoms with van der Waals surface area (Å²) in [6, 6.07) is 0. The van der Waals surface area contributed by atoms with Crippen molar-refractivity contribution < 1.29 is 18.0 Å². The lowest BCUT2D eigenvalue weighted by molar-refractivity contribution is -0.132. The van der Waals surface area contributed by atoms with E-state index in [1.807, 2.05) is 5.32 Å². The van der Waals surface area contributed by atoms with E-state index in [0.717, 1.165) is 0 Å². The number of alkyl halides is 2. The minimum Gasteiger partial charge on any atom is -0.444 e. The van der Waals surface area contributed by atoms with Crippen molar-refractivity contribution in [3.8, 4) is 0 Å². The van der Waals surface area contributed by atoms with Crippen molar-refractivity contribution in [3.05, 3.63) is 17.3 Å². The fraction of sp³-hybridized carbons (Fsp3) is 0.500. The van der Waals surface area contributed by atoms with Crippen molar-refractivity contribution in [1.29, 1.82) is 0 Å². The summed E-state index contributed by atoms with van der Waals surface area (Å²) in [4.78, 5) is 14.4. The highest BCUT2D eigenvalue weighted by atomic mass is 19.3. The highest BCUT2D eigenvalue weighted by Gasteiger charge is 2.15. The zero-order chi connectivity index (χ0) is 10.7. The third-order valence-electron chi connectivity index (χ3n) is 1.68. The molecule has 0 spiro atoms. The Kier molecular flexibility index (Phi) is 3.16. The van der Waals surface area contributed by atoms with Gasteiger partial charge in [0.2, 0.25) is 5.89 Å². The number of nitrogens with one attached hydrogen (secondary N) is 1. The average molecular weight is 204 g/mol. The Bertz CT molecular complexity index is 317. The minimum absolute atomic E-state index is 0.113. The largest absolute Gasteiger partial charge is 0.444 e. The van der Waals surface area contributed by atoms with Crippen LogP contribution in [0.2, 0.25) is 0 Å². The van der Waals surface area contributed by atoms with Gasteiger partial charge in [-0.3, -0.25) is 4.79 Å². The van der Waals surface area contributed by atoms with Crippen LogP contribution in [0.15, 0.2) is 4.42 Å². The van der Waals surface area contributed by atoms with Crippen LogP contribution in [-0.2, 0) is 11.3 Å². The first kappa shape index (κ1) is 10.6. The first-order valence-electron chi connectivity index (χ1n) is 3.99. The zero-order valence-corrected chi connectivity index (χ0v) is 7.80. The predicted octanol–water partition coefficient (Wildman–Crippen LogP) is 1.17. The molecule has 1 amide bonds. The van der Waals surface area contributed by atoms with Gasteiger partial charge in [0, 0.05) is 0 Å². The quantitative estimate of drug-likeness (QED) is 0.804. The lowest BCUT2D eigenvalue weighted by Crippen LogP contribution is -2.28. The summed E-state index contributed by atoms with van der Waals surface area (Å²) in [5, 5.41) is 1.99. The van der Waals surface area contributed by atoms with E-state index in [2.05, 4.69) is 4.98 Å². The van der Waals surface area contributed by atoms with E-state index in [4.69, 9.17) is 4.42 Å². The second-order valence-corrected chi connectivity index (χ2v) is 2.77. The fourth-order valence-electron chi connectivity index (χ4n) is 0.855. The summed E-state index contributed by atoms with van der Waals surface area (Å²) in [6.45, 7) is 3.33. The van der Waals surface area contributed by atoms with Gasteiger partial charge in [-0.1, -0.05) is 0 Å². The summed E-state index contributed by atoms with van der Waals surface area (Å²) in [7, 11) is 0. The van der Waals surface area contributed by atoms with Crippen LogP contribution >= 0.6 is 0 Å². The van der Waals surface area contributed by atoms with Crippen LogP contribution in [0.4, 0.5) is 8.78 Å². The van der Waals surface area contributed by atoms with E-state index < -0.39 is 12.3 Å². The maximum absolute atomic E-state index is 11.8. The van der Waals surface area contributed by atoms with Gasteiger partial charge in [-0.2, -0.15) is 8.78 Å². The second-order valence-electron chi connectivity index (χ2n) is 2.77. The van der Waals surface area contributed by atoms with Gasteiger partial charge in [-0.05, 0) is 13.8 Å². The molecule has 4 nitrogen and oxygen atoms in total. The molecule has 0 aromatic carbocycles. The molecule has 0 aliphatic heterocycles. The number of aromatic nitrogens is 1. The van der Waals surface area contributed by atoms with Gasteiger partial charge < -0.3 is 9.73 Å². The standard InChI is InChI=1S/C8H10F2N2O2/c1-4-5(2)14-6(12-4)3-11-8(13)7(9)10/h7H,3H2,1-2H3,(H,11,13). The number of amides is 1. The van der Waals surface area contributed by atoms with Crippen LogP contribution in [-0.4, -0.2) is 17.3 Å². The van der Waals surface area contributed by atoms with E-state index in [1.54, 1.807) is 13.8 Å². The van der Waals surface area contributed by atoms with Gasteiger partial charge >= 0.3 is 6.43 Å². The maximum atomic E-state index is 11.8. The number of nitrogens with zero attached hydrogens (tertiary/aromatic N) is 1. The van der Waals surface area contributed by atoms with E-state index in [1.165, 1.54) is 0 Å². The number of carbonyl (C=O) groups is 1. The van der Waals surface area contributed by atoms with Crippen LogP contribution in [0.1, 0.15) is 17.3 Å². The van der Waals surface area contributed by atoms with Gasteiger partial charge in [0.25, 0.3) is 5.91 Å². The van der Waals surface area contributed by atoms with Gasteiger partial charge in [0.1, 0.15) is 5.76 Å². The van der Waals surface area contributed by atoms with Gasteiger partial charge in [-0.15, -0.1) is 0 Å². The molecule has 0 saturated carbocycles. The molecule has 0 atom stereocenters. The molecular formula is C8H10F2N2O2. The van der Waals surface area contributed by atoms with Crippen LogP contribution in [0.5, 0.6) is 0 Å². The van der Waals surface area contributed by atoms with E-state index in [9.17, 15) is 13.6 Å². The number of rotatable bonds is 3. The van der Waals surface area contributed by atoms with Crippen molar-refractivity contribution in [3.63, 3.8) is 0 Å². The van der Waals surface area contributed by atoms with Crippen molar-refractivity contribution in [2.24, 2.45) is 0 Å². The zero-order valence-electron chi connectivity index (χ0n) is 7.80. The Morgan fingerprint density at radius 1 is 1.57 bits per heavy atom. The molecule has 1 N–H and O–H groups in total. The van der Waals surface area contributed by atoms with Crippen LogP contribution in [0.25, 0.3) is 0 Å². The van der Waals surface area contributed by atoms with Crippen LogP contribution < -0.4 is 5.32 Å². The number of aryl methyl sites for hydroxylation is 2. The molecule has 1 heterocycles. The summed E-state index contributed by atoms with van der Waals surface area (Å²) >= 11 is 0. The second kappa shape index (κ2) is 4.17. The summed E-state index contributed by atoms with van der Waals surface area (Å²) in [5.41, 5.74) is 0.686. The molecule has 6 heteroatoms. The smallest absolute Gasteiger partial charge is 0.315 e. The lowest BCUT2D eigenvalue weighted by atomic mass is 10.4. The molecular weight excluding hydrogens is 194 g/mol. The first-order chi connectivity index (χ1) is 6.50. The molecule has 0 fully saturated rings. The number of halogens is 2. The topological polar surface area (TPSA) is 55.1 Å². The van der Waals surface area contributed by atoms with Crippen molar-refractivity contribution in [1.82, 2.24) is 10.3 Å². The molecule has 1 aromatic rings. The molecule has 0 aliphatic carbocycles. The van der Waals surface area contributed by atoms with E-state index in [-0.39, 0.29) is 12.4 Å². The highest BCUT2D eigenvalue weighted by molar-refractivity contribution is 5.78. The highest BCUT2D eigenvalue weighted by Crippen LogP contribution is 2.07. The molecule has 1 rings (SSSR count). The number of oxazole rings is 1. The van der Waals surface area contributed by atoms with Crippen molar-refractivity contribution in [2.75, 3.05) is 0 Å². The molecule has 0 radical (unpaired) electrons. The third-order valence-corrected chi connectivity index (χ3v) is 1.68.